The number of aromatic nitrogens is 3. The van der Waals surface area contributed by atoms with Crippen LogP contribution in [0.2, 0.25) is 0 Å². The minimum atomic E-state index is -3.96. The number of hydrogen-bond donors (Lipinski definition) is 0. The lowest BCUT2D eigenvalue weighted by atomic mass is 10.0. The van der Waals surface area contributed by atoms with Crippen molar-refractivity contribution >= 4 is 16.1 Å². The van der Waals surface area contributed by atoms with Gasteiger partial charge in [0.25, 0.3) is 5.16 Å². The number of halogens is 1. The summed E-state index contributed by atoms with van der Waals surface area (Å²) in [5, 5.41) is 3.60. The molecule has 2 heterocycles. The van der Waals surface area contributed by atoms with E-state index in [1.54, 1.807) is 0 Å². The molecule has 0 amide bonds. The van der Waals surface area contributed by atoms with Crippen LogP contribution in [0.4, 0.5) is 4.39 Å². The first-order chi connectivity index (χ1) is 11.0. The van der Waals surface area contributed by atoms with E-state index < -0.39 is 25.9 Å². The summed E-state index contributed by atoms with van der Waals surface area (Å²) in [6, 6.07) is 8.82. The van der Waals surface area contributed by atoms with Gasteiger partial charge in [-0.15, -0.1) is 5.10 Å². The van der Waals surface area contributed by atoms with Crippen molar-refractivity contribution < 1.29 is 17.6 Å². The Hall–Kier alpha value is -2.09. The molecule has 2 atom stereocenters. The first-order valence-corrected chi connectivity index (χ1v) is 8.83. The van der Waals surface area contributed by atoms with E-state index in [0.717, 1.165) is 5.56 Å². The smallest absolute Gasteiger partial charge is 0.268 e. The Labute approximate surface area is 132 Å². The highest BCUT2D eigenvalue weighted by molar-refractivity contribution is 7.93. The normalized spacial score (nSPS) is 25.1. The molecule has 8 heteroatoms. The van der Waals surface area contributed by atoms with Gasteiger partial charge in [0.1, 0.15) is 11.0 Å². The molecule has 1 aromatic heterocycles. The fourth-order valence-electron chi connectivity index (χ4n) is 2.98. The van der Waals surface area contributed by atoms with E-state index in [1.165, 1.54) is 4.68 Å². The highest BCUT2D eigenvalue weighted by Gasteiger charge is 2.57. The number of nitrogens with zero attached hydrogens (tertiary/aromatic N) is 3. The van der Waals surface area contributed by atoms with Crippen LogP contribution in [0.5, 0.6) is 0 Å². The van der Waals surface area contributed by atoms with Gasteiger partial charge in [0.2, 0.25) is 9.84 Å². The Morgan fingerprint density at radius 2 is 1.96 bits per heavy atom. The lowest BCUT2D eigenvalue weighted by Gasteiger charge is -2.11. The van der Waals surface area contributed by atoms with Gasteiger partial charge in [-0.05, 0) is 18.4 Å². The molecular formula is C15H14FN3O3S. The van der Waals surface area contributed by atoms with Crippen molar-refractivity contribution in [3.05, 3.63) is 41.7 Å². The number of sulfone groups is 1. The number of benzene rings is 1. The van der Waals surface area contributed by atoms with Crippen molar-refractivity contribution in [1.29, 1.82) is 0 Å². The highest BCUT2D eigenvalue weighted by atomic mass is 32.2. The second kappa shape index (κ2) is 4.70. The van der Waals surface area contributed by atoms with Gasteiger partial charge in [0.15, 0.2) is 12.0 Å². The molecule has 0 bridgehead atoms. The number of fused-ring (bicyclic) bond motifs is 1. The number of alkyl halides is 1. The van der Waals surface area contributed by atoms with Crippen molar-refractivity contribution in [2.45, 2.75) is 41.4 Å². The van der Waals surface area contributed by atoms with Gasteiger partial charge < -0.3 is 4.79 Å². The molecule has 4 rings (SSSR count). The van der Waals surface area contributed by atoms with Crippen LogP contribution < -0.4 is 0 Å². The van der Waals surface area contributed by atoms with E-state index in [4.69, 9.17) is 0 Å². The number of hydrogen-bond acceptors (Lipinski definition) is 5. The summed E-state index contributed by atoms with van der Waals surface area (Å²) in [7, 11) is -3.96. The average molecular weight is 335 g/mol. The molecule has 1 aliphatic carbocycles. The zero-order valence-electron chi connectivity index (χ0n) is 12.1. The average Bonchev–Trinajstić information content (AvgIpc) is 3.15. The van der Waals surface area contributed by atoms with E-state index in [2.05, 4.69) is 10.1 Å². The Morgan fingerprint density at radius 3 is 2.57 bits per heavy atom. The largest absolute Gasteiger partial charge is 0.302 e. The number of aldehydes is 1. The summed E-state index contributed by atoms with van der Waals surface area (Å²) in [5.74, 6) is 0.0131. The Kier molecular flexibility index (Phi) is 2.96. The fraction of sp³-hybridized carbons (Fsp3) is 0.400. The van der Waals surface area contributed by atoms with Gasteiger partial charge in [-0.3, -0.25) is 0 Å². The molecule has 1 aliphatic heterocycles. The lowest BCUT2D eigenvalue weighted by molar-refractivity contribution is -0.108. The van der Waals surface area contributed by atoms with Crippen LogP contribution in [0.3, 0.4) is 0 Å². The maximum absolute atomic E-state index is 14.3. The van der Waals surface area contributed by atoms with Crippen molar-refractivity contribution in [3.8, 4) is 0 Å². The quantitative estimate of drug-likeness (QED) is 0.796. The van der Waals surface area contributed by atoms with Crippen molar-refractivity contribution in [2.24, 2.45) is 0 Å². The number of carbonyl (C=O) groups is 1. The van der Waals surface area contributed by atoms with Crippen molar-refractivity contribution in [1.82, 2.24) is 14.8 Å². The predicted octanol–water partition coefficient (Wildman–Crippen LogP) is 1.79. The maximum Gasteiger partial charge on any atom is 0.268 e. The third-order valence-corrected chi connectivity index (χ3v) is 6.79. The Morgan fingerprint density at radius 1 is 1.26 bits per heavy atom. The second-order valence-corrected chi connectivity index (χ2v) is 8.20. The summed E-state index contributed by atoms with van der Waals surface area (Å²) >= 11 is 0. The molecule has 0 N–H and O–H groups in total. The maximum atomic E-state index is 14.3. The minimum absolute atomic E-state index is 0.0131. The lowest BCUT2D eigenvalue weighted by Crippen LogP contribution is -2.26. The van der Waals surface area contributed by atoms with Crippen LogP contribution in [-0.4, -0.2) is 34.2 Å². The van der Waals surface area contributed by atoms with Gasteiger partial charge in [0, 0.05) is 6.42 Å². The first-order valence-electron chi connectivity index (χ1n) is 7.35. The van der Waals surface area contributed by atoms with Crippen LogP contribution in [-0.2, 0) is 14.6 Å². The van der Waals surface area contributed by atoms with Gasteiger partial charge in [-0.25, -0.2) is 17.5 Å². The number of rotatable bonds is 4. The van der Waals surface area contributed by atoms with Gasteiger partial charge in [0.05, 0.1) is 6.04 Å². The van der Waals surface area contributed by atoms with E-state index >= 15 is 0 Å². The molecular weight excluding hydrogens is 321 g/mol. The minimum Gasteiger partial charge on any atom is -0.302 e. The fourth-order valence-corrected chi connectivity index (χ4v) is 4.52. The van der Waals surface area contributed by atoms with Gasteiger partial charge in [-0.2, -0.15) is 4.98 Å². The molecule has 0 unspecified atom stereocenters. The molecule has 1 fully saturated rings. The molecule has 1 aromatic carbocycles. The second-order valence-electron chi connectivity index (χ2n) is 6.01. The first kappa shape index (κ1) is 14.5. The Bertz CT molecular complexity index is 875. The van der Waals surface area contributed by atoms with Crippen LogP contribution in [0.15, 0.2) is 35.5 Å². The topological polar surface area (TPSA) is 81.9 Å². The molecule has 23 heavy (non-hydrogen) atoms. The predicted molar refractivity (Wildman–Crippen MR) is 78.3 cm³/mol. The van der Waals surface area contributed by atoms with Gasteiger partial charge in [-0.1, -0.05) is 30.3 Å². The summed E-state index contributed by atoms with van der Waals surface area (Å²) in [6.45, 7) is 0. The van der Waals surface area contributed by atoms with Crippen LogP contribution >= 0.6 is 0 Å². The standard InChI is InChI=1S/C15H14FN3O3S/c16-11-8-12(10-4-2-1-3-5-10)19-13(11)17-14(18-19)23(21,22)15(9-20)6-7-15/h1-5,9,11-12H,6-8H2/t11-,12-/m0/s1. The van der Waals surface area contributed by atoms with E-state index in [0.29, 0.717) is 6.29 Å². The molecule has 0 saturated heterocycles. The third kappa shape index (κ3) is 1.97. The molecule has 120 valence electrons. The van der Waals surface area contributed by atoms with Crippen LogP contribution in [0.1, 0.15) is 42.9 Å². The van der Waals surface area contributed by atoms with Crippen LogP contribution in [0.25, 0.3) is 0 Å². The third-order valence-electron chi connectivity index (χ3n) is 4.56. The molecule has 0 radical (unpaired) electrons. The van der Waals surface area contributed by atoms with Crippen molar-refractivity contribution in [2.75, 3.05) is 0 Å². The zero-order chi connectivity index (χ0) is 16.2. The van der Waals surface area contributed by atoms with E-state index in [1.807, 2.05) is 30.3 Å². The SMILES string of the molecule is O=CC1(S(=O)(=O)c2nc3n(n2)[C@H](c2ccccc2)C[C@@H]3F)CC1. The van der Waals surface area contributed by atoms with Crippen molar-refractivity contribution in [3.63, 3.8) is 0 Å². The van der Waals surface area contributed by atoms with E-state index in [-0.39, 0.29) is 31.1 Å². The van der Waals surface area contributed by atoms with E-state index in [9.17, 15) is 17.6 Å². The molecule has 6 nitrogen and oxygen atoms in total. The molecule has 2 aliphatic rings. The summed E-state index contributed by atoms with van der Waals surface area (Å²) in [6.07, 6.45) is -0.217. The number of carbonyl (C=O) groups excluding carboxylic acids is 1. The monoisotopic (exact) mass is 335 g/mol. The Balaban J connectivity index is 1.79. The molecule has 2 aromatic rings. The molecule has 1 saturated carbocycles. The van der Waals surface area contributed by atoms with Crippen LogP contribution in [0, 0.1) is 0 Å². The molecule has 0 spiro atoms. The summed E-state index contributed by atoms with van der Waals surface area (Å²) in [5.41, 5.74) is 0.847. The highest BCUT2D eigenvalue weighted by Crippen LogP contribution is 2.46. The summed E-state index contributed by atoms with van der Waals surface area (Å²) < 4.78 is 39.2. The van der Waals surface area contributed by atoms with Gasteiger partial charge >= 0.3 is 0 Å². The summed E-state index contributed by atoms with van der Waals surface area (Å²) in [4.78, 5) is 15.0. The zero-order valence-corrected chi connectivity index (χ0v) is 12.9.